The molecule has 0 saturated carbocycles. The van der Waals surface area contributed by atoms with Gasteiger partial charge in [-0.15, -0.1) is 11.3 Å². The quantitative estimate of drug-likeness (QED) is 0.827. The molecule has 2 rings (SSSR count). The minimum absolute atomic E-state index is 0.0689. The minimum atomic E-state index is -0.226. The Labute approximate surface area is 133 Å². The van der Waals surface area contributed by atoms with Crippen LogP contribution >= 0.6 is 11.3 Å². The Kier molecular flexibility index (Phi) is 5.55. The van der Waals surface area contributed by atoms with E-state index in [1.807, 2.05) is 32.0 Å². The van der Waals surface area contributed by atoms with Crippen LogP contribution in [0.5, 0.6) is 11.5 Å². The molecule has 1 aromatic heterocycles. The molecule has 0 atom stereocenters. The van der Waals surface area contributed by atoms with E-state index in [9.17, 15) is 4.79 Å². The molecule has 0 spiro atoms. The van der Waals surface area contributed by atoms with Gasteiger partial charge in [-0.2, -0.15) is 0 Å². The monoisotopic (exact) mass is 318 g/mol. The van der Waals surface area contributed by atoms with E-state index in [2.05, 4.69) is 10.3 Å². The topological polar surface area (TPSA) is 60.5 Å². The Morgan fingerprint density at radius 1 is 1.36 bits per heavy atom. The van der Waals surface area contributed by atoms with Crippen molar-refractivity contribution >= 4 is 28.5 Å². The van der Waals surface area contributed by atoms with Gasteiger partial charge >= 0.3 is 0 Å². The van der Waals surface area contributed by atoms with E-state index in [1.165, 1.54) is 17.4 Å². The number of hydrogen-bond acceptors (Lipinski definition) is 5. The molecule has 0 unspecified atom stereocenters. The zero-order valence-electron chi connectivity index (χ0n) is 12.7. The molecular weight excluding hydrogens is 300 g/mol. The van der Waals surface area contributed by atoms with E-state index in [4.69, 9.17) is 9.47 Å². The van der Waals surface area contributed by atoms with E-state index in [0.29, 0.717) is 16.6 Å². The van der Waals surface area contributed by atoms with Gasteiger partial charge in [0.1, 0.15) is 0 Å². The van der Waals surface area contributed by atoms with E-state index in [-0.39, 0.29) is 12.0 Å². The number of thiazole rings is 1. The smallest absolute Gasteiger partial charge is 0.250 e. The number of aromatic nitrogens is 1. The first-order valence-electron chi connectivity index (χ1n) is 6.81. The lowest BCUT2D eigenvalue weighted by molar-refractivity contribution is -0.111. The first-order valence-corrected chi connectivity index (χ1v) is 7.69. The molecule has 22 heavy (non-hydrogen) atoms. The number of nitrogens with one attached hydrogen (secondary N) is 1. The zero-order chi connectivity index (χ0) is 15.9. The number of nitrogens with zero attached hydrogens (tertiary/aromatic N) is 1. The number of carbonyl (C=O) groups is 1. The van der Waals surface area contributed by atoms with Gasteiger partial charge in [-0.25, -0.2) is 4.98 Å². The summed E-state index contributed by atoms with van der Waals surface area (Å²) in [6, 6.07) is 5.52. The molecule has 0 fully saturated rings. The molecule has 1 N–H and O–H groups in total. The van der Waals surface area contributed by atoms with Crippen molar-refractivity contribution in [2.24, 2.45) is 0 Å². The van der Waals surface area contributed by atoms with Crippen LogP contribution < -0.4 is 14.8 Å². The van der Waals surface area contributed by atoms with Crippen molar-refractivity contribution in [3.63, 3.8) is 0 Å². The lowest BCUT2D eigenvalue weighted by Crippen LogP contribution is -2.07. The largest absolute Gasteiger partial charge is 0.493 e. The molecule has 0 saturated heterocycles. The van der Waals surface area contributed by atoms with Crippen molar-refractivity contribution < 1.29 is 14.3 Å². The summed E-state index contributed by atoms with van der Waals surface area (Å²) in [6.45, 7) is 3.91. The van der Waals surface area contributed by atoms with Crippen molar-refractivity contribution in [3.8, 4) is 11.5 Å². The molecule has 1 aromatic carbocycles. The van der Waals surface area contributed by atoms with Crippen molar-refractivity contribution in [1.82, 2.24) is 4.98 Å². The Hall–Kier alpha value is -2.34. The van der Waals surface area contributed by atoms with Gasteiger partial charge in [0.25, 0.3) is 0 Å². The fourth-order valence-corrected chi connectivity index (χ4v) is 2.28. The maximum Gasteiger partial charge on any atom is 0.250 e. The molecule has 0 aliphatic carbocycles. The second kappa shape index (κ2) is 7.61. The van der Waals surface area contributed by atoms with E-state index >= 15 is 0 Å². The summed E-state index contributed by atoms with van der Waals surface area (Å²) >= 11 is 1.37. The number of amides is 1. The normalized spacial score (nSPS) is 10.9. The third-order valence-corrected chi connectivity index (χ3v) is 3.33. The maximum atomic E-state index is 11.8. The molecule has 0 bridgehead atoms. The maximum absolute atomic E-state index is 11.8. The molecule has 6 heteroatoms. The SMILES string of the molecule is COc1cc(/C=C/C(=O)Nc2nccs2)ccc1OC(C)C. The molecule has 0 aliphatic rings. The van der Waals surface area contributed by atoms with Crippen molar-refractivity contribution in [1.29, 1.82) is 0 Å². The van der Waals surface area contributed by atoms with Crippen LogP contribution in [0.3, 0.4) is 0 Å². The molecule has 0 aliphatic heterocycles. The summed E-state index contributed by atoms with van der Waals surface area (Å²) in [5, 5.41) is 5.06. The fraction of sp³-hybridized carbons (Fsp3) is 0.250. The highest BCUT2D eigenvalue weighted by atomic mass is 32.1. The summed E-state index contributed by atoms with van der Waals surface area (Å²) in [7, 11) is 1.59. The predicted molar refractivity (Wildman–Crippen MR) is 88.5 cm³/mol. The van der Waals surface area contributed by atoms with E-state index in [0.717, 1.165) is 5.56 Å². The minimum Gasteiger partial charge on any atom is -0.493 e. The summed E-state index contributed by atoms with van der Waals surface area (Å²) in [4.78, 5) is 15.8. The van der Waals surface area contributed by atoms with Gasteiger partial charge in [-0.3, -0.25) is 10.1 Å². The number of methoxy groups -OCH3 is 1. The van der Waals surface area contributed by atoms with Crippen LogP contribution in [0.1, 0.15) is 19.4 Å². The van der Waals surface area contributed by atoms with Crippen LogP contribution in [0.15, 0.2) is 35.9 Å². The average molecular weight is 318 g/mol. The van der Waals surface area contributed by atoms with Crippen molar-refractivity contribution in [2.75, 3.05) is 12.4 Å². The van der Waals surface area contributed by atoms with Crippen LogP contribution in [0.2, 0.25) is 0 Å². The summed E-state index contributed by atoms with van der Waals surface area (Å²) in [5.74, 6) is 1.09. The van der Waals surface area contributed by atoms with Gasteiger partial charge in [0, 0.05) is 17.7 Å². The van der Waals surface area contributed by atoms with Gasteiger partial charge in [0.15, 0.2) is 16.6 Å². The standard InChI is InChI=1S/C16H18N2O3S/c1-11(2)21-13-6-4-12(10-14(13)20-3)5-7-15(19)18-16-17-8-9-22-16/h4-11H,1-3H3,(H,17,18,19)/b7-5+. The number of ether oxygens (including phenoxy) is 2. The van der Waals surface area contributed by atoms with Crippen molar-refractivity contribution in [2.45, 2.75) is 20.0 Å². The zero-order valence-corrected chi connectivity index (χ0v) is 13.5. The highest BCUT2D eigenvalue weighted by Crippen LogP contribution is 2.29. The van der Waals surface area contributed by atoms with E-state index < -0.39 is 0 Å². The number of carbonyl (C=O) groups excluding carboxylic acids is 1. The van der Waals surface area contributed by atoms with Gasteiger partial charge in [-0.1, -0.05) is 6.07 Å². The first kappa shape index (κ1) is 16.0. The van der Waals surface area contributed by atoms with Gasteiger partial charge in [0.2, 0.25) is 5.91 Å². The van der Waals surface area contributed by atoms with Crippen LogP contribution in [-0.2, 0) is 4.79 Å². The molecule has 1 heterocycles. The van der Waals surface area contributed by atoms with Gasteiger partial charge in [0.05, 0.1) is 13.2 Å². The molecule has 2 aromatic rings. The third-order valence-electron chi connectivity index (χ3n) is 2.64. The van der Waals surface area contributed by atoms with Gasteiger partial charge < -0.3 is 9.47 Å². The molecule has 116 valence electrons. The Balaban J connectivity index is 2.05. The lowest BCUT2D eigenvalue weighted by Gasteiger charge is -2.13. The van der Waals surface area contributed by atoms with E-state index in [1.54, 1.807) is 24.8 Å². The third kappa shape index (κ3) is 4.60. The molecule has 0 radical (unpaired) electrons. The lowest BCUT2D eigenvalue weighted by atomic mass is 10.2. The second-order valence-corrected chi connectivity index (χ2v) is 5.63. The van der Waals surface area contributed by atoms with Crippen LogP contribution in [0.25, 0.3) is 6.08 Å². The highest BCUT2D eigenvalue weighted by Gasteiger charge is 2.07. The first-order chi connectivity index (χ1) is 10.6. The fourth-order valence-electron chi connectivity index (χ4n) is 1.74. The summed E-state index contributed by atoms with van der Waals surface area (Å²) in [6.07, 6.45) is 4.88. The average Bonchev–Trinajstić information content (AvgIpc) is 2.98. The van der Waals surface area contributed by atoms with Gasteiger partial charge in [-0.05, 0) is 37.6 Å². The Bertz CT molecular complexity index is 651. The number of hydrogen-bond donors (Lipinski definition) is 1. The van der Waals surface area contributed by atoms with Crippen LogP contribution in [0.4, 0.5) is 5.13 Å². The number of benzene rings is 1. The molecule has 5 nitrogen and oxygen atoms in total. The summed E-state index contributed by atoms with van der Waals surface area (Å²) in [5.41, 5.74) is 0.849. The summed E-state index contributed by atoms with van der Waals surface area (Å²) < 4.78 is 11.0. The van der Waals surface area contributed by atoms with Crippen molar-refractivity contribution in [3.05, 3.63) is 41.4 Å². The second-order valence-electron chi connectivity index (χ2n) is 4.74. The number of rotatable bonds is 6. The number of anilines is 1. The van der Waals surface area contributed by atoms with Crippen LogP contribution in [-0.4, -0.2) is 24.1 Å². The highest BCUT2D eigenvalue weighted by molar-refractivity contribution is 7.13. The van der Waals surface area contributed by atoms with Crippen LogP contribution in [0, 0.1) is 0 Å². The molecule has 1 amide bonds. The molecular formula is C16H18N2O3S. The Morgan fingerprint density at radius 2 is 2.18 bits per heavy atom. The Morgan fingerprint density at radius 3 is 2.82 bits per heavy atom. The predicted octanol–water partition coefficient (Wildman–Crippen LogP) is 3.59.